The summed E-state index contributed by atoms with van der Waals surface area (Å²) in [5, 5.41) is 5.75. The molecule has 0 radical (unpaired) electrons. The van der Waals surface area contributed by atoms with Gasteiger partial charge in [-0.3, -0.25) is 4.79 Å². The first-order valence-electron chi connectivity index (χ1n) is 7.79. The number of amides is 1. The molecular weight excluding hydrogens is 319 g/mol. The molecule has 1 aromatic heterocycles. The minimum absolute atomic E-state index is 0.0937. The SMILES string of the molecule is Cc1cccc(Nc2cnc(C(=O)NCc3ccccc3F)cn2)c1. The molecule has 0 aliphatic heterocycles. The minimum atomic E-state index is -0.405. The van der Waals surface area contributed by atoms with E-state index >= 15 is 0 Å². The van der Waals surface area contributed by atoms with Gasteiger partial charge in [0.05, 0.1) is 12.4 Å². The van der Waals surface area contributed by atoms with Crippen LogP contribution in [-0.2, 0) is 6.54 Å². The first-order valence-corrected chi connectivity index (χ1v) is 7.79. The van der Waals surface area contributed by atoms with E-state index in [2.05, 4.69) is 20.6 Å². The molecule has 5 nitrogen and oxygen atoms in total. The molecule has 6 heteroatoms. The van der Waals surface area contributed by atoms with Crippen LogP contribution in [0.1, 0.15) is 21.6 Å². The fourth-order valence-electron chi connectivity index (χ4n) is 2.29. The number of aryl methyl sites for hydroxylation is 1. The van der Waals surface area contributed by atoms with Gasteiger partial charge in [-0.15, -0.1) is 0 Å². The van der Waals surface area contributed by atoms with E-state index in [4.69, 9.17) is 0 Å². The minimum Gasteiger partial charge on any atom is -0.346 e. The van der Waals surface area contributed by atoms with Gasteiger partial charge in [-0.1, -0.05) is 30.3 Å². The molecule has 0 saturated carbocycles. The maximum atomic E-state index is 13.5. The lowest BCUT2D eigenvalue weighted by molar-refractivity contribution is 0.0945. The predicted octanol–water partition coefficient (Wildman–Crippen LogP) is 3.60. The summed E-state index contributed by atoms with van der Waals surface area (Å²) in [5.74, 6) is -0.222. The molecule has 25 heavy (non-hydrogen) atoms. The zero-order valence-electron chi connectivity index (χ0n) is 13.7. The zero-order valence-corrected chi connectivity index (χ0v) is 13.7. The highest BCUT2D eigenvalue weighted by atomic mass is 19.1. The van der Waals surface area contributed by atoms with E-state index in [0.29, 0.717) is 11.4 Å². The topological polar surface area (TPSA) is 66.9 Å². The molecule has 0 aliphatic carbocycles. The maximum Gasteiger partial charge on any atom is 0.271 e. The molecule has 126 valence electrons. The number of hydrogen-bond donors (Lipinski definition) is 2. The molecular formula is C19H17FN4O. The van der Waals surface area contributed by atoms with Crippen LogP contribution < -0.4 is 10.6 Å². The fraction of sp³-hybridized carbons (Fsp3) is 0.105. The molecule has 1 amide bonds. The number of carbonyl (C=O) groups excluding carboxylic acids is 1. The number of nitrogens with zero attached hydrogens (tertiary/aromatic N) is 2. The van der Waals surface area contributed by atoms with Crippen molar-refractivity contribution >= 4 is 17.4 Å². The summed E-state index contributed by atoms with van der Waals surface area (Å²) in [6.07, 6.45) is 2.87. The number of aromatic nitrogens is 2. The number of benzene rings is 2. The van der Waals surface area contributed by atoms with Crippen LogP contribution in [0.4, 0.5) is 15.9 Å². The first-order chi connectivity index (χ1) is 12.1. The molecule has 2 N–H and O–H groups in total. The number of halogens is 1. The highest BCUT2D eigenvalue weighted by Gasteiger charge is 2.09. The van der Waals surface area contributed by atoms with E-state index in [1.165, 1.54) is 18.5 Å². The van der Waals surface area contributed by atoms with Gasteiger partial charge in [-0.2, -0.15) is 0 Å². The Morgan fingerprint density at radius 3 is 2.64 bits per heavy atom. The van der Waals surface area contributed by atoms with Crippen molar-refractivity contribution in [3.63, 3.8) is 0 Å². The zero-order chi connectivity index (χ0) is 17.6. The summed E-state index contributed by atoms with van der Waals surface area (Å²) in [5.41, 5.74) is 2.61. The molecule has 1 heterocycles. The lowest BCUT2D eigenvalue weighted by atomic mass is 10.2. The number of anilines is 2. The smallest absolute Gasteiger partial charge is 0.271 e. The average molecular weight is 336 g/mol. The Hall–Kier alpha value is -3.28. The van der Waals surface area contributed by atoms with Crippen molar-refractivity contribution in [1.82, 2.24) is 15.3 Å². The van der Waals surface area contributed by atoms with Gasteiger partial charge in [-0.05, 0) is 30.7 Å². The molecule has 0 bridgehead atoms. The Kier molecular flexibility index (Phi) is 4.99. The Morgan fingerprint density at radius 2 is 1.92 bits per heavy atom. The number of carbonyl (C=O) groups is 1. The van der Waals surface area contributed by atoms with Gasteiger partial charge in [0, 0.05) is 17.8 Å². The van der Waals surface area contributed by atoms with E-state index in [1.807, 2.05) is 31.2 Å². The summed E-state index contributed by atoms with van der Waals surface area (Å²) in [6.45, 7) is 2.09. The summed E-state index contributed by atoms with van der Waals surface area (Å²) in [4.78, 5) is 20.4. The number of rotatable bonds is 5. The summed E-state index contributed by atoms with van der Waals surface area (Å²) >= 11 is 0. The van der Waals surface area contributed by atoms with Gasteiger partial charge < -0.3 is 10.6 Å². The summed E-state index contributed by atoms with van der Waals surface area (Å²) in [6, 6.07) is 14.1. The lowest BCUT2D eigenvalue weighted by Crippen LogP contribution is -2.24. The predicted molar refractivity (Wildman–Crippen MR) is 94.1 cm³/mol. The number of nitrogens with one attached hydrogen (secondary N) is 2. The molecule has 3 rings (SSSR count). The van der Waals surface area contributed by atoms with Crippen molar-refractivity contribution < 1.29 is 9.18 Å². The van der Waals surface area contributed by atoms with E-state index in [-0.39, 0.29) is 18.1 Å². The van der Waals surface area contributed by atoms with E-state index in [1.54, 1.807) is 18.2 Å². The van der Waals surface area contributed by atoms with E-state index < -0.39 is 5.91 Å². The standard InChI is InChI=1S/C19H17FN4O/c1-13-5-4-7-15(9-13)24-18-12-21-17(11-22-18)19(25)23-10-14-6-2-3-8-16(14)20/h2-9,11-12H,10H2,1H3,(H,22,24)(H,23,25). The Labute approximate surface area is 145 Å². The van der Waals surface area contributed by atoms with Crippen LogP contribution in [0, 0.1) is 12.7 Å². The third kappa shape index (κ3) is 4.38. The van der Waals surface area contributed by atoms with Gasteiger partial charge in [0.25, 0.3) is 5.91 Å². The van der Waals surface area contributed by atoms with Gasteiger partial charge in [0.2, 0.25) is 0 Å². The molecule has 2 aromatic carbocycles. The second-order valence-electron chi connectivity index (χ2n) is 5.56. The van der Waals surface area contributed by atoms with Gasteiger partial charge in [-0.25, -0.2) is 14.4 Å². The number of hydrogen-bond acceptors (Lipinski definition) is 4. The molecule has 0 fully saturated rings. The van der Waals surface area contributed by atoms with E-state index in [0.717, 1.165) is 11.3 Å². The first kappa shape index (κ1) is 16.6. The van der Waals surface area contributed by atoms with Crippen LogP contribution in [0.3, 0.4) is 0 Å². The summed E-state index contributed by atoms with van der Waals surface area (Å²) < 4.78 is 13.5. The van der Waals surface area contributed by atoms with Crippen LogP contribution >= 0.6 is 0 Å². The molecule has 3 aromatic rings. The fourth-order valence-corrected chi connectivity index (χ4v) is 2.29. The third-order valence-electron chi connectivity index (χ3n) is 3.57. The van der Waals surface area contributed by atoms with Crippen LogP contribution in [0.25, 0.3) is 0 Å². The van der Waals surface area contributed by atoms with Crippen molar-refractivity contribution in [1.29, 1.82) is 0 Å². The third-order valence-corrected chi connectivity index (χ3v) is 3.57. The second kappa shape index (κ2) is 7.53. The summed E-state index contributed by atoms with van der Waals surface area (Å²) in [7, 11) is 0. The molecule has 0 aliphatic rings. The normalized spacial score (nSPS) is 10.3. The van der Waals surface area contributed by atoms with Crippen LogP contribution in [-0.4, -0.2) is 15.9 Å². The highest BCUT2D eigenvalue weighted by molar-refractivity contribution is 5.92. The molecule has 0 spiro atoms. The van der Waals surface area contributed by atoms with Crippen LogP contribution in [0.2, 0.25) is 0 Å². The second-order valence-corrected chi connectivity index (χ2v) is 5.56. The van der Waals surface area contributed by atoms with Crippen molar-refractivity contribution in [2.45, 2.75) is 13.5 Å². The molecule has 0 atom stereocenters. The monoisotopic (exact) mass is 336 g/mol. The van der Waals surface area contributed by atoms with Gasteiger partial charge in [0.15, 0.2) is 0 Å². The van der Waals surface area contributed by atoms with Crippen molar-refractivity contribution in [2.24, 2.45) is 0 Å². The van der Waals surface area contributed by atoms with Gasteiger partial charge in [0.1, 0.15) is 17.3 Å². The lowest BCUT2D eigenvalue weighted by Gasteiger charge is -2.08. The maximum absolute atomic E-state index is 13.5. The van der Waals surface area contributed by atoms with Crippen molar-refractivity contribution in [3.05, 3.63) is 83.6 Å². The average Bonchev–Trinajstić information content (AvgIpc) is 2.61. The van der Waals surface area contributed by atoms with E-state index in [9.17, 15) is 9.18 Å². The van der Waals surface area contributed by atoms with Crippen molar-refractivity contribution in [2.75, 3.05) is 5.32 Å². The highest BCUT2D eigenvalue weighted by Crippen LogP contribution is 2.15. The molecule has 0 unspecified atom stereocenters. The quantitative estimate of drug-likeness (QED) is 0.747. The largest absolute Gasteiger partial charge is 0.346 e. The van der Waals surface area contributed by atoms with Crippen molar-refractivity contribution in [3.8, 4) is 0 Å². The Bertz CT molecular complexity index is 881. The van der Waals surface area contributed by atoms with Gasteiger partial charge >= 0.3 is 0 Å². The Morgan fingerprint density at radius 1 is 1.08 bits per heavy atom. The van der Waals surface area contributed by atoms with Crippen LogP contribution in [0.5, 0.6) is 0 Å². The Balaban J connectivity index is 1.61. The molecule has 0 saturated heterocycles. The van der Waals surface area contributed by atoms with Crippen LogP contribution in [0.15, 0.2) is 60.9 Å².